The van der Waals surface area contributed by atoms with Gasteiger partial charge < -0.3 is 4.74 Å². The lowest BCUT2D eigenvalue weighted by Gasteiger charge is -2.19. The molecule has 10 atom stereocenters. The smallest absolute Gasteiger partial charge is 0.261 e. The molecule has 7 aliphatic heterocycles. The van der Waals surface area contributed by atoms with Gasteiger partial charge in [0, 0.05) is 73.9 Å². The van der Waals surface area contributed by atoms with Gasteiger partial charge >= 0.3 is 0 Å². The lowest BCUT2D eigenvalue weighted by Crippen LogP contribution is -2.30. The molecule has 10 aliphatic rings. The Morgan fingerprint density at radius 1 is 0.438 bits per heavy atom. The Bertz CT molecular complexity index is 3580. The summed E-state index contributed by atoms with van der Waals surface area (Å²) >= 11 is 3.32. The van der Waals surface area contributed by atoms with Crippen LogP contribution in [0.15, 0.2) is 82.4 Å². The van der Waals surface area contributed by atoms with Crippen LogP contribution in [0, 0.1) is 61.2 Å². The van der Waals surface area contributed by atoms with Gasteiger partial charge in [-0.15, -0.1) is 22.7 Å². The summed E-state index contributed by atoms with van der Waals surface area (Å²) in [6.07, 6.45) is 13.5. The zero-order valence-electron chi connectivity index (χ0n) is 45.5. The van der Waals surface area contributed by atoms with E-state index in [1.54, 1.807) is 55.9 Å². The van der Waals surface area contributed by atoms with Crippen molar-refractivity contribution in [1.29, 1.82) is 0 Å². The molecule has 0 spiro atoms. The second-order valence-corrected chi connectivity index (χ2v) is 24.1. The minimum atomic E-state index is -0.243. The first-order valence-electron chi connectivity index (χ1n) is 26.6. The van der Waals surface area contributed by atoms with Crippen molar-refractivity contribution in [2.75, 3.05) is 35.2 Å². The minimum Gasteiger partial charge on any atom is -0.365 e. The van der Waals surface area contributed by atoms with E-state index in [4.69, 9.17) is 4.74 Å². The number of aromatic nitrogens is 1. The lowest BCUT2D eigenvalue weighted by molar-refractivity contribution is -0.141. The van der Waals surface area contributed by atoms with Crippen LogP contribution in [0.1, 0.15) is 76.8 Å². The Balaban J connectivity index is 0.000000111. The number of allylic oxidation sites excluding steroid dienone is 2. The average Bonchev–Trinajstić information content (AvgIpc) is 4.40. The molecule has 15 rings (SSSR count). The summed E-state index contributed by atoms with van der Waals surface area (Å²) in [4.78, 5) is 144. The molecule has 10 unspecified atom stereocenters. The van der Waals surface area contributed by atoms with Crippen LogP contribution < -0.4 is 11.1 Å². The van der Waals surface area contributed by atoms with E-state index in [0.717, 1.165) is 52.0 Å². The van der Waals surface area contributed by atoms with Crippen molar-refractivity contribution in [3.63, 3.8) is 0 Å². The summed E-state index contributed by atoms with van der Waals surface area (Å²) in [7, 11) is 9.29. The van der Waals surface area contributed by atoms with Crippen LogP contribution in [-0.4, -0.2) is 136 Å². The number of amides is 10. The highest BCUT2D eigenvalue weighted by Crippen LogP contribution is 2.52. The van der Waals surface area contributed by atoms with Gasteiger partial charge in [0.15, 0.2) is 0 Å². The number of rotatable bonds is 0. The predicted octanol–water partition coefficient (Wildman–Crippen LogP) is 5.39. The number of hydrogen-bond donors (Lipinski definition) is 0. The molecule has 5 saturated heterocycles. The maximum absolute atomic E-state index is 12.1. The topological polar surface area (TPSA) is 235 Å². The van der Waals surface area contributed by atoms with Gasteiger partial charge in [0.2, 0.25) is 47.3 Å². The highest BCUT2D eigenvalue weighted by atomic mass is 32.1. The summed E-state index contributed by atoms with van der Waals surface area (Å²) in [5.41, 5.74) is 2.83. The third-order valence-corrected chi connectivity index (χ3v) is 19.6. The van der Waals surface area contributed by atoms with Crippen molar-refractivity contribution in [2.24, 2.45) is 54.4 Å². The van der Waals surface area contributed by atoms with Crippen molar-refractivity contribution in [3.05, 3.63) is 116 Å². The van der Waals surface area contributed by atoms with Crippen molar-refractivity contribution < 1.29 is 52.7 Å². The maximum Gasteiger partial charge on any atom is 0.261 e. The van der Waals surface area contributed by atoms with E-state index in [0.29, 0.717) is 46.6 Å². The third kappa shape index (κ3) is 9.55. The molecular weight excluding hydrogens is 1060 g/mol. The Hall–Kier alpha value is -7.62. The van der Waals surface area contributed by atoms with Crippen molar-refractivity contribution >= 4 is 111 Å². The Morgan fingerprint density at radius 3 is 1.35 bits per heavy atom. The van der Waals surface area contributed by atoms with E-state index >= 15 is 0 Å². The van der Waals surface area contributed by atoms with Gasteiger partial charge in [0.25, 0.3) is 22.9 Å². The number of ether oxygens (including phenoxy) is 1. The zero-order valence-corrected chi connectivity index (χ0v) is 47.1. The fourth-order valence-corrected chi connectivity index (χ4v) is 14.9. The predicted molar refractivity (Wildman–Crippen MR) is 297 cm³/mol. The summed E-state index contributed by atoms with van der Waals surface area (Å²) in [5, 5.41) is 1.04. The number of carbonyl (C=O) groups is 10. The van der Waals surface area contributed by atoms with E-state index in [2.05, 4.69) is 37.3 Å². The highest BCUT2D eigenvalue weighted by Gasteiger charge is 2.60. The second-order valence-electron chi connectivity index (χ2n) is 21.9. The molecule has 9 heterocycles. The second kappa shape index (κ2) is 21.5. The van der Waals surface area contributed by atoms with Crippen molar-refractivity contribution in [3.8, 4) is 0 Å². The van der Waals surface area contributed by atoms with E-state index in [9.17, 15) is 57.5 Å². The monoisotopic (exact) mass is 1120 g/mol. The summed E-state index contributed by atoms with van der Waals surface area (Å²) in [6, 6.07) is 15.4. The number of imide groups is 5. The summed E-state index contributed by atoms with van der Waals surface area (Å²) in [5.74, 6) is -0.346. The quantitative estimate of drug-likeness (QED) is 0.108. The Kier molecular flexibility index (Phi) is 14.9. The van der Waals surface area contributed by atoms with Gasteiger partial charge in [-0.2, -0.15) is 0 Å². The molecule has 3 aromatic carbocycles. The minimum absolute atomic E-state index is 0.0208. The molecule has 5 aromatic rings. The number of nitrogens with zero attached hydrogens (tertiary/aromatic N) is 6. The lowest BCUT2D eigenvalue weighted by atomic mass is 9.81. The molecule has 7 fully saturated rings. The number of fused-ring (bicyclic) bond motifs is 15. The molecule has 4 bridgehead atoms. The highest BCUT2D eigenvalue weighted by molar-refractivity contribution is 7.36. The van der Waals surface area contributed by atoms with Gasteiger partial charge in [-0.3, -0.25) is 86.6 Å². The van der Waals surface area contributed by atoms with E-state index in [1.165, 1.54) is 60.3 Å². The fourth-order valence-electron chi connectivity index (χ4n) is 12.5. The zero-order chi connectivity index (χ0) is 57.5. The van der Waals surface area contributed by atoms with Gasteiger partial charge in [0.1, 0.15) is 0 Å². The standard InChI is InChI=1S/C16H11NO2S2.C10H11NO2.C10H9NO2.C9H9NO3.C9H13NO2.C5H7NO2/c1-8-3-4-11-12(5-8)21-14-7-10-9(6-13(14)20-11)15(18)17(2)16(10)19;1-11-9(12)7-5-2-3-6(4-5)8(7)10(11)13;1-6-3-4-7-8(5-6)10(13)11(2)9(7)12;1-10-8(11)6-4-2-3-5(13-4)7(6)9(10)12;1-10-8(11)6-4-2-3-5-7(6)9(10)12;1-6-4(7)2-3-5(6)8/h3-7H,1-2H3;2-3,5-8H,4H2,1H3;3-5H,1-2H3;2-7H,1H3;6-7H,2-5H2,1H3;2-3H2,1H3. The molecule has 0 N–H and O–H groups in total. The third-order valence-electron chi connectivity index (χ3n) is 17.1. The van der Waals surface area contributed by atoms with Crippen LogP contribution in [0.4, 0.5) is 0 Å². The molecule has 2 aromatic heterocycles. The SMILES string of the molecule is CN1C(=O)C2C3C=CC(C3)C2C1=O.CN1C(=O)C2C3C=CC(O3)C2C1=O.CN1C(=O)C2CCCCC2C1=O.CN1C(=O)CCC1=O.Cc1ccc2c(c1)C(=O)N(C)C2=O.Cc1ccc2sc3cc4c(=O)n(C)c(=O)c4cc3sc2c1. The molecule has 416 valence electrons. The summed E-state index contributed by atoms with van der Waals surface area (Å²) in [6.45, 7) is 3.97. The average molecular weight is 1130 g/mol. The molecule has 3 aliphatic carbocycles. The Morgan fingerprint density at radius 2 is 0.863 bits per heavy atom. The molecular formula is C59H60N6O13S2. The van der Waals surface area contributed by atoms with Gasteiger partial charge in [0.05, 0.1) is 69.6 Å². The van der Waals surface area contributed by atoms with Crippen molar-refractivity contribution in [1.82, 2.24) is 29.1 Å². The number of hydrogen-bond acceptors (Lipinski definition) is 15. The number of benzene rings is 3. The maximum atomic E-state index is 12.1. The molecule has 80 heavy (non-hydrogen) atoms. The van der Waals surface area contributed by atoms with E-state index in [-0.39, 0.29) is 118 Å². The Labute approximate surface area is 467 Å². The van der Waals surface area contributed by atoms with Crippen molar-refractivity contribution in [2.45, 2.75) is 71.0 Å². The first-order chi connectivity index (χ1) is 38.0. The van der Waals surface area contributed by atoms with E-state index in [1.807, 2.05) is 37.3 Å². The molecule has 0 radical (unpaired) electrons. The first-order valence-corrected chi connectivity index (χ1v) is 28.3. The van der Waals surface area contributed by atoms with Gasteiger partial charge in [-0.05, 0) is 86.9 Å². The van der Waals surface area contributed by atoms with Crippen LogP contribution in [-0.2, 0) is 50.1 Å². The summed E-state index contributed by atoms with van der Waals surface area (Å²) < 4.78 is 11.1. The molecule has 19 nitrogen and oxygen atoms in total. The van der Waals surface area contributed by atoms with Crippen LogP contribution >= 0.6 is 22.7 Å². The van der Waals surface area contributed by atoms with Gasteiger partial charge in [-0.25, -0.2) is 0 Å². The van der Waals surface area contributed by atoms with Crippen LogP contribution in [0.5, 0.6) is 0 Å². The molecule has 10 amide bonds. The van der Waals surface area contributed by atoms with Crippen LogP contribution in [0.25, 0.3) is 29.6 Å². The van der Waals surface area contributed by atoms with Gasteiger partial charge in [-0.1, -0.05) is 54.8 Å². The number of likely N-dealkylation sites (tertiary alicyclic amines) is 4. The van der Waals surface area contributed by atoms with Crippen LogP contribution in [0.2, 0.25) is 0 Å². The van der Waals surface area contributed by atoms with E-state index < -0.39 is 0 Å². The largest absolute Gasteiger partial charge is 0.365 e. The van der Waals surface area contributed by atoms with Crippen LogP contribution in [0.3, 0.4) is 0 Å². The normalized spacial score (nSPS) is 28.0. The molecule has 2 saturated carbocycles. The first kappa shape index (κ1) is 55.7. The number of carbonyl (C=O) groups excluding carboxylic acids is 10. The fraction of sp³-hybridized carbons (Fsp3) is 0.424. The molecule has 21 heteroatoms. The number of aryl methyl sites for hydroxylation is 2.